The van der Waals surface area contributed by atoms with Crippen LogP contribution in [0.25, 0.3) is 0 Å². The van der Waals surface area contributed by atoms with E-state index in [1.165, 1.54) is 36.8 Å². The Labute approximate surface area is 99.3 Å². The summed E-state index contributed by atoms with van der Waals surface area (Å²) in [5.41, 5.74) is 2.84. The Morgan fingerprint density at radius 3 is 2.69 bits per heavy atom. The molecule has 1 aromatic carbocycles. The number of nitrogens with one attached hydrogen (secondary N) is 1. The molecule has 2 rings (SSSR count). The Morgan fingerprint density at radius 1 is 1.31 bits per heavy atom. The molecule has 1 aromatic rings. The summed E-state index contributed by atoms with van der Waals surface area (Å²) < 4.78 is 0. The van der Waals surface area contributed by atoms with Crippen molar-refractivity contribution in [3.05, 3.63) is 35.4 Å². The maximum atomic E-state index is 3.70. The van der Waals surface area contributed by atoms with Crippen LogP contribution >= 0.6 is 0 Å². The smallest absolute Gasteiger partial charge is 0.0210 e. The van der Waals surface area contributed by atoms with E-state index in [1.807, 2.05) is 0 Å². The van der Waals surface area contributed by atoms with Gasteiger partial charge in [-0.05, 0) is 36.8 Å². The molecule has 0 bridgehead atoms. The van der Waals surface area contributed by atoms with E-state index in [2.05, 4.69) is 43.4 Å². The number of benzene rings is 1. The molecule has 0 aliphatic heterocycles. The summed E-state index contributed by atoms with van der Waals surface area (Å²) in [7, 11) is 0. The van der Waals surface area contributed by atoms with Gasteiger partial charge in [-0.25, -0.2) is 0 Å². The topological polar surface area (TPSA) is 12.0 Å². The van der Waals surface area contributed by atoms with E-state index in [0.717, 1.165) is 12.5 Å². The zero-order chi connectivity index (χ0) is 11.4. The second-order valence-electron chi connectivity index (χ2n) is 5.09. The van der Waals surface area contributed by atoms with Gasteiger partial charge in [-0.1, -0.05) is 44.0 Å². The predicted molar refractivity (Wildman–Crippen MR) is 69.4 cm³/mol. The summed E-state index contributed by atoms with van der Waals surface area (Å²) in [5.74, 6) is 1.02. The molecule has 16 heavy (non-hydrogen) atoms. The fourth-order valence-electron chi connectivity index (χ4n) is 2.21. The zero-order valence-electron chi connectivity index (χ0n) is 10.5. The van der Waals surface area contributed by atoms with E-state index in [9.17, 15) is 0 Å². The van der Waals surface area contributed by atoms with E-state index < -0.39 is 0 Å². The molecular formula is C15H23N. The van der Waals surface area contributed by atoms with Gasteiger partial charge in [0.25, 0.3) is 0 Å². The number of aryl methyl sites for hydroxylation is 1. The third-order valence-corrected chi connectivity index (χ3v) is 3.65. The molecule has 1 N–H and O–H groups in total. The Balaban J connectivity index is 1.82. The number of rotatable bonds is 6. The minimum absolute atomic E-state index is 0.715. The van der Waals surface area contributed by atoms with Gasteiger partial charge in [0, 0.05) is 12.6 Å². The van der Waals surface area contributed by atoms with Gasteiger partial charge in [-0.15, -0.1) is 0 Å². The van der Waals surface area contributed by atoms with Gasteiger partial charge in [0.2, 0.25) is 0 Å². The first-order valence-electron chi connectivity index (χ1n) is 6.57. The molecule has 1 unspecified atom stereocenters. The Morgan fingerprint density at radius 2 is 2.06 bits per heavy atom. The maximum Gasteiger partial charge on any atom is 0.0210 e. The highest BCUT2D eigenvalue weighted by Crippen LogP contribution is 2.34. The Hall–Kier alpha value is -0.820. The lowest BCUT2D eigenvalue weighted by Crippen LogP contribution is -2.28. The summed E-state index contributed by atoms with van der Waals surface area (Å²) in [5, 5.41) is 3.70. The average molecular weight is 217 g/mol. The Kier molecular flexibility index (Phi) is 4.00. The quantitative estimate of drug-likeness (QED) is 0.766. The molecular weight excluding hydrogens is 194 g/mol. The lowest BCUT2D eigenvalue weighted by atomic mass is 10.1. The van der Waals surface area contributed by atoms with Gasteiger partial charge in [0.05, 0.1) is 0 Å². The minimum Gasteiger partial charge on any atom is -0.310 e. The largest absolute Gasteiger partial charge is 0.310 e. The van der Waals surface area contributed by atoms with Crippen molar-refractivity contribution in [1.29, 1.82) is 0 Å². The van der Waals surface area contributed by atoms with Crippen LogP contribution in [0.2, 0.25) is 0 Å². The molecule has 1 aliphatic rings. The first-order valence-corrected chi connectivity index (χ1v) is 6.57. The lowest BCUT2D eigenvalue weighted by Gasteiger charge is -2.17. The lowest BCUT2D eigenvalue weighted by molar-refractivity contribution is 0.444. The van der Waals surface area contributed by atoms with Crippen molar-refractivity contribution in [2.24, 2.45) is 5.92 Å². The van der Waals surface area contributed by atoms with Crippen molar-refractivity contribution in [3.63, 3.8) is 0 Å². The van der Waals surface area contributed by atoms with Gasteiger partial charge in [0.1, 0.15) is 0 Å². The van der Waals surface area contributed by atoms with Crippen molar-refractivity contribution >= 4 is 0 Å². The average Bonchev–Trinajstić information content (AvgIpc) is 3.10. The van der Waals surface area contributed by atoms with Crippen LogP contribution < -0.4 is 5.32 Å². The van der Waals surface area contributed by atoms with Gasteiger partial charge in [-0.3, -0.25) is 0 Å². The van der Waals surface area contributed by atoms with Crippen LogP contribution in [0, 0.1) is 12.8 Å². The van der Waals surface area contributed by atoms with Crippen LogP contribution in [0.15, 0.2) is 24.3 Å². The molecule has 1 saturated carbocycles. The van der Waals surface area contributed by atoms with Crippen molar-refractivity contribution in [1.82, 2.24) is 5.32 Å². The summed E-state index contributed by atoms with van der Waals surface area (Å²) in [4.78, 5) is 0. The van der Waals surface area contributed by atoms with Crippen molar-refractivity contribution in [2.75, 3.05) is 0 Å². The van der Waals surface area contributed by atoms with E-state index in [1.54, 1.807) is 0 Å². The monoisotopic (exact) mass is 217 g/mol. The first-order chi connectivity index (χ1) is 7.79. The summed E-state index contributed by atoms with van der Waals surface area (Å²) >= 11 is 0. The highest BCUT2D eigenvalue weighted by atomic mass is 14.9. The predicted octanol–water partition coefficient (Wildman–Crippen LogP) is 3.66. The normalized spacial score (nSPS) is 17.4. The fourth-order valence-corrected chi connectivity index (χ4v) is 2.21. The number of hydrogen-bond donors (Lipinski definition) is 1. The van der Waals surface area contributed by atoms with E-state index in [4.69, 9.17) is 0 Å². The molecule has 1 atom stereocenters. The molecule has 0 spiro atoms. The van der Waals surface area contributed by atoms with Crippen LogP contribution in [0.5, 0.6) is 0 Å². The van der Waals surface area contributed by atoms with Crippen LogP contribution in [0.3, 0.4) is 0 Å². The fraction of sp³-hybridized carbons (Fsp3) is 0.600. The summed E-state index contributed by atoms with van der Waals surface area (Å²) in [6, 6.07) is 9.38. The highest BCUT2D eigenvalue weighted by Gasteiger charge is 2.24. The van der Waals surface area contributed by atoms with Gasteiger partial charge < -0.3 is 5.32 Å². The molecule has 1 fully saturated rings. The molecule has 0 saturated heterocycles. The van der Waals surface area contributed by atoms with E-state index in [-0.39, 0.29) is 0 Å². The molecule has 88 valence electrons. The van der Waals surface area contributed by atoms with Crippen LogP contribution in [-0.4, -0.2) is 6.04 Å². The van der Waals surface area contributed by atoms with Gasteiger partial charge >= 0.3 is 0 Å². The molecule has 1 aliphatic carbocycles. The van der Waals surface area contributed by atoms with E-state index >= 15 is 0 Å². The van der Waals surface area contributed by atoms with Gasteiger partial charge in [-0.2, -0.15) is 0 Å². The molecule has 0 aromatic heterocycles. The minimum atomic E-state index is 0.715. The second-order valence-corrected chi connectivity index (χ2v) is 5.09. The SMILES string of the molecule is CCC(CC1CC1)NCc1ccccc1C. The highest BCUT2D eigenvalue weighted by molar-refractivity contribution is 5.25. The molecule has 1 nitrogen and oxygen atoms in total. The summed E-state index contributed by atoms with van der Waals surface area (Å²) in [6.07, 6.45) is 5.55. The van der Waals surface area contributed by atoms with E-state index in [0.29, 0.717) is 6.04 Å². The first kappa shape index (κ1) is 11.7. The molecule has 0 heterocycles. The standard InChI is InChI=1S/C15H23N/c1-3-15(10-13-8-9-13)16-11-14-7-5-4-6-12(14)2/h4-7,13,15-16H,3,8-11H2,1-2H3. The third-order valence-electron chi connectivity index (χ3n) is 3.65. The van der Waals surface area contributed by atoms with Crippen molar-refractivity contribution in [2.45, 2.75) is 52.1 Å². The molecule has 0 amide bonds. The second kappa shape index (κ2) is 5.49. The van der Waals surface area contributed by atoms with Crippen molar-refractivity contribution in [3.8, 4) is 0 Å². The van der Waals surface area contributed by atoms with Crippen LogP contribution in [0.1, 0.15) is 43.7 Å². The van der Waals surface area contributed by atoms with Crippen molar-refractivity contribution < 1.29 is 0 Å². The number of hydrogen-bond acceptors (Lipinski definition) is 1. The molecule has 0 radical (unpaired) electrons. The summed E-state index contributed by atoms with van der Waals surface area (Å²) in [6.45, 7) is 5.51. The third kappa shape index (κ3) is 3.34. The van der Waals surface area contributed by atoms with Crippen LogP contribution in [0.4, 0.5) is 0 Å². The van der Waals surface area contributed by atoms with Gasteiger partial charge in [0.15, 0.2) is 0 Å². The Bertz CT molecular complexity index is 328. The molecule has 1 heteroatoms. The maximum absolute atomic E-state index is 3.70. The van der Waals surface area contributed by atoms with Crippen LogP contribution in [-0.2, 0) is 6.54 Å². The zero-order valence-corrected chi connectivity index (χ0v) is 10.5.